The summed E-state index contributed by atoms with van der Waals surface area (Å²) in [5.41, 5.74) is -0.328. The van der Waals surface area contributed by atoms with E-state index >= 15 is 0 Å². The molecule has 5 nitrogen and oxygen atoms in total. The van der Waals surface area contributed by atoms with Crippen LogP contribution in [0.15, 0.2) is 0 Å². The van der Waals surface area contributed by atoms with E-state index in [-0.39, 0.29) is 18.1 Å². The molecule has 2 aliphatic rings. The van der Waals surface area contributed by atoms with E-state index in [0.717, 1.165) is 45.2 Å². The number of piperidine rings is 1. The summed E-state index contributed by atoms with van der Waals surface area (Å²) in [6.07, 6.45) is 5.63. The lowest BCUT2D eigenvalue weighted by molar-refractivity contribution is -0.126. The van der Waals surface area contributed by atoms with Crippen LogP contribution >= 0.6 is 0 Å². The standard InChI is InChI=1S/C13H24N2O3/c16-10-13(5-1-6-13)15-12(17)4-9-18-11-2-7-14-8-3-11/h11,14,16H,1-10H2,(H,15,17). The van der Waals surface area contributed by atoms with Crippen LogP contribution in [-0.4, -0.2) is 49.0 Å². The lowest BCUT2D eigenvalue weighted by Gasteiger charge is -2.41. The van der Waals surface area contributed by atoms with Crippen LogP contribution in [0.1, 0.15) is 38.5 Å². The summed E-state index contributed by atoms with van der Waals surface area (Å²) in [5, 5.41) is 15.5. The van der Waals surface area contributed by atoms with E-state index in [1.807, 2.05) is 0 Å². The number of carbonyl (C=O) groups is 1. The topological polar surface area (TPSA) is 70.6 Å². The van der Waals surface area contributed by atoms with Crippen LogP contribution in [0.5, 0.6) is 0 Å². The van der Waals surface area contributed by atoms with Crippen molar-refractivity contribution in [2.75, 3.05) is 26.3 Å². The second-order valence-corrected chi connectivity index (χ2v) is 5.41. The normalized spacial score (nSPS) is 23.4. The molecule has 1 heterocycles. The largest absolute Gasteiger partial charge is 0.394 e. The molecule has 5 heteroatoms. The molecule has 1 aliphatic heterocycles. The maximum atomic E-state index is 11.7. The molecule has 0 radical (unpaired) electrons. The van der Waals surface area contributed by atoms with Gasteiger partial charge in [0, 0.05) is 6.42 Å². The molecule has 0 aromatic carbocycles. The van der Waals surface area contributed by atoms with Gasteiger partial charge in [-0.05, 0) is 45.2 Å². The summed E-state index contributed by atoms with van der Waals surface area (Å²) in [7, 11) is 0. The fourth-order valence-electron chi connectivity index (χ4n) is 2.56. The first-order valence-electron chi connectivity index (χ1n) is 6.98. The zero-order valence-electron chi connectivity index (χ0n) is 10.9. The fraction of sp³-hybridized carbons (Fsp3) is 0.923. The first kappa shape index (κ1) is 13.8. The molecule has 0 unspecified atom stereocenters. The predicted octanol–water partition coefficient (Wildman–Crippen LogP) is 0.176. The van der Waals surface area contributed by atoms with Crippen molar-refractivity contribution in [2.24, 2.45) is 0 Å². The highest BCUT2D eigenvalue weighted by molar-refractivity contribution is 5.77. The molecule has 18 heavy (non-hydrogen) atoms. The van der Waals surface area contributed by atoms with Gasteiger partial charge in [-0.2, -0.15) is 0 Å². The molecule has 104 valence electrons. The van der Waals surface area contributed by atoms with Gasteiger partial charge in [-0.25, -0.2) is 0 Å². The number of aliphatic hydroxyl groups excluding tert-OH is 1. The number of aliphatic hydroxyl groups is 1. The minimum Gasteiger partial charge on any atom is -0.394 e. The van der Waals surface area contributed by atoms with Gasteiger partial charge in [0.1, 0.15) is 0 Å². The molecule has 1 saturated carbocycles. The minimum absolute atomic E-state index is 0.00214. The van der Waals surface area contributed by atoms with E-state index in [4.69, 9.17) is 4.74 Å². The Kier molecular flexibility index (Phi) is 4.97. The van der Waals surface area contributed by atoms with Crippen molar-refractivity contribution in [2.45, 2.75) is 50.2 Å². The highest BCUT2D eigenvalue weighted by Gasteiger charge is 2.37. The smallest absolute Gasteiger partial charge is 0.222 e. The number of carbonyl (C=O) groups excluding carboxylic acids is 1. The molecule has 1 amide bonds. The monoisotopic (exact) mass is 256 g/mol. The second-order valence-electron chi connectivity index (χ2n) is 5.41. The van der Waals surface area contributed by atoms with E-state index in [1.165, 1.54) is 0 Å². The van der Waals surface area contributed by atoms with Crippen LogP contribution in [0.4, 0.5) is 0 Å². The zero-order chi connectivity index (χ0) is 12.8. The number of rotatable bonds is 6. The van der Waals surface area contributed by atoms with Crippen LogP contribution in [0, 0.1) is 0 Å². The van der Waals surface area contributed by atoms with Gasteiger partial charge < -0.3 is 20.5 Å². The lowest BCUT2D eigenvalue weighted by atomic mass is 9.77. The van der Waals surface area contributed by atoms with Gasteiger partial charge in [0.05, 0.1) is 24.9 Å². The van der Waals surface area contributed by atoms with Crippen LogP contribution in [-0.2, 0) is 9.53 Å². The molecule has 0 aromatic rings. The maximum absolute atomic E-state index is 11.7. The Morgan fingerprint density at radius 3 is 2.67 bits per heavy atom. The quantitative estimate of drug-likeness (QED) is 0.634. The molecule has 3 N–H and O–H groups in total. The van der Waals surface area contributed by atoms with Crippen LogP contribution < -0.4 is 10.6 Å². The molecule has 2 fully saturated rings. The molecule has 1 saturated heterocycles. The van der Waals surface area contributed by atoms with Crippen molar-refractivity contribution in [1.29, 1.82) is 0 Å². The van der Waals surface area contributed by atoms with Crippen LogP contribution in [0.3, 0.4) is 0 Å². The first-order valence-corrected chi connectivity index (χ1v) is 6.98. The molecule has 0 atom stereocenters. The van der Waals surface area contributed by atoms with Crippen molar-refractivity contribution in [3.63, 3.8) is 0 Å². The Labute approximate surface area is 108 Å². The molecular weight excluding hydrogens is 232 g/mol. The summed E-state index contributed by atoms with van der Waals surface area (Å²) in [6.45, 7) is 2.54. The maximum Gasteiger partial charge on any atom is 0.222 e. The molecule has 0 bridgehead atoms. The third-order valence-electron chi connectivity index (χ3n) is 3.99. The van der Waals surface area contributed by atoms with Crippen LogP contribution in [0.25, 0.3) is 0 Å². The summed E-state index contributed by atoms with van der Waals surface area (Å²) in [5.74, 6) is -0.00214. The third-order valence-corrected chi connectivity index (χ3v) is 3.99. The molecule has 0 spiro atoms. The molecule has 0 aromatic heterocycles. The van der Waals surface area contributed by atoms with E-state index in [9.17, 15) is 9.90 Å². The third kappa shape index (κ3) is 3.67. The van der Waals surface area contributed by atoms with E-state index in [2.05, 4.69) is 10.6 Å². The first-order chi connectivity index (χ1) is 8.74. The van der Waals surface area contributed by atoms with Crippen molar-refractivity contribution in [3.05, 3.63) is 0 Å². The highest BCUT2D eigenvalue weighted by atomic mass is 16.5. The molecule has 1 aliphatic carbocycles. The highest BCUT2D eigenvalue weighted by Crippen LogP contribution is 2.31. The van der Waals surface area contributed by atoms with E-state index < -0.39 is 0 Å². The zero-order valence-corrected chi connectivity index (χ0v) is 10.9. The average molecular weight is 256 g/mol. The summed E-state index contributed by atoms with van der Waals surface area (Å²) in [4.78, 5) is 11.7. The molecular formula is C13H24N2O3. The number of hydrogen-bond acceptors (Lipinski definition) is 4. The van der Waals surface area contributed by atoms with Gasteiger partial charge in [-0.1, -0.05) is 0 Å². The number of nitrogens with one attached hydrogen (secondary N) is 2. The summed E-state index contributed by atoms with van der Waals surface area (Å²) in [6, 6.07) is 0. The Morgan fingerprint density at radius 2 is 2.11 bits per heavy atom. The molecule has 2 rings (SSSR count). The van der Waals surface area contributed by atoms with Gasteiger partial charge in [-0.3, -0.25) is 4.79 Å². The van der Waals surface area contributed by atoms with Crippen molar-refractivity contribution < 1.29 is 14.6 Å². The van der Waals surface area contributed by atoms with Gasteiger partial charge in [0.2, 0.25) is 5.91 Å². The second kappa shape index (κ2) is 6.50. The van der Waals surface area contributed by atoms with Crippen molar-refractivity contribution >= 4 is 5.91 Å². The van der Waals surface area contributed by atoms with Gasteiger partial charge >= 0.3 is 0 Å². The Morgan fingerprint density at radius 1 is 1.39 bits per heavy atom. The predicted molar refractivity (Wildman–Crippen MR) is 68.3 cm³/mol. The van der Waals surface area contributed by atoms with Gasteiger partial charge in [0.25, 0.3) is 0 Å². The fourth-order valence-corrected chi connectivity index (χ4v) is 2.56. The van der Waals surface area contributed by atoms with Crippen molar-refractivity contribution in [3.8, 4) is 0 Å². The minimum atomic E-state index is -0.328. The van der Waals surface area contributed by atoms with Gasteiger partial charge in [0.15, 0.2) is 0 Å². The van der Waals surface area contributed by atoms with E-state index in [0.29, 0.717) is 19.1 Å². The Hall–Kier alpha value is -0.650. The van der Waals surface area contributed by atoms with Crippen molar-refractivity contribution in [1.82, 2.24) is 10.6 Å². The number of amides is 1. The summed E-state index contributed by atoms with van der Waals surface area (Å²) < 4.78 is 5.69. The SMILES string of the molecule is O=C(CCOC1CCNCC1)NC1(CO)CCC1. The average Bonchev–Trinajstić information content (AvgIpc) is 2.35. The lowest BCUT2D eigenvalue weighted by Crippen LogP contribution is -2.56. The number of ether oxygens (including phenoxy) is 1. The summed E-state index contributed by atoms with van der Waals surface area (Å²) >= 11 is 0. The number of hydrogen-bond donors (Lipinski definition) is 3. The van der Waals surface area contributed by atoms with E-state index in [1.54, 1.807) is 0 Å². The van der Waals surface area contributed by atoms with Gasteiger partial charge in [-0.15, -0.1) is 0 Å². The Bertz CT molecular complexity index is 268. The van der Waals surface area contributed by atoms with Crippen LogP contribution in [0.2, 0.25) is 0 Å². The Balaban J connectivity index is 1.59.